The Kier molecular flexibility index (Phi) is 6.31. The number of halogens is 1. The van der Waals surface area contributed by atoms with E-state index >= 15 is 0 Å². The van der Waals surface area contributed by atoms with Crippen LogP contribution in [0.1, 0.15) is 29.5 Å². The number of nitrogens with two attached hydrogens (primary N) is 1. The van der Waals surface area contributed by atoms with Gasteiger partial charge in [0, 0.05) is 26.2 Å². The molecule has 0 radical (unpaired) electrons. The number of imidazole rings is 1. The Morgan fingerprint density at radius 3 is 2.59 bits per heavy atom. The minimum absolute atomic E-state index is 0.0173. The third kappa shape index (κ3) is 4.52. The molecule has 0 saturated carbocycles. The monoisotopic (exact) mass is 526 g/mol. The molecule has 8 nitrogen and oxygen atoms in total. The summed E-state index contributed by atoms with van der Waals surface area (Å²) in [6.45, 7) is 3.60. The highest BCUT2D eigenvalue weighted by Gasteiger charge is 2.27. The standard InChI is InChI=1S/C30H31FN6O2/c1-19-9-12-24(31)15-23(19)17-36-26-27(33-29(36)35-13-5-8-25(32)18-35)34(2)30(39)37(28(26)38)16-20-10-11-21-6-3-4-7-22(21)14-20/h3-4,6-7,9-12,14-15,25H,5,8,13,16-18,32H2,1-2H3/t25-/m1/s1. The highest BCUT2D eigenvalue weighted by Crippen LogP contribution is 2.25. The second-order valence-electron chi connectivity index (χ2n) is 10.5. The summed E-state index contributed by atoms with van der Waals surface area (Å²) in [5.74, 6) is 0.224. The van der Waals surface area contributed by atoms with Crippen LogP contribution >= 0.6 is 0 Å². The van der Waals surface area contributed by atoms with Crippen molar-refractivity contribution in [3.05, 3.63) is 104 Å². The molecule has 3 heterocycles. The number of aromatic nitrogens is 4. The minimum Gasteiger partial charge on any atom is -0.341 e. The maximum absolute atomic E-state index is 14.2. The number of nitrogens with zero attached hydrogens (tertiary/aromatic N) is 5. The van der Waals surface area contributed by atoms with Crippen molar-refractivity contribution in [3.63, 3.8) is 0 Å². The van der Waals surface area contributed by atoms with Gasteiger partial charge in [-0.15, -0.1) is 0 Å². The van der Waals surface area contributed by atoms with E-state index in [1.165, 1.54) is 21.3 Å². The van der Waals surface area contributed by atoms with Gasteiger partial charge in [-0.3, -0.25) is 18.5 Å². The van der Waals surface area contributed by atoms with Crippen molar-refractivity contribution in [1.82, 2.24) is 18.7 Å². The van der Waals surface area contributed by atoms with Crippen LogP contribution in [0.25, 0.3) is 21.9 Å². The molecule has 2 aromatic heterocycles. The van der Waals surface area contributed by atoms with Crippen LogP contribution in [-0.4, -0.2) is 37.8 Å². The number of rotatable bonds is 5. The largest absolute Gasteiger partial charge is 0.341 e. The average Bonchev–Trinajstić information content (AvgIpc) is 3.31. The fourth-order valence-corrected chi connectivity index (χ4v) is 5.58. The van der Waals surface area contributed by atoms with E-state index in [0.717, 1.165) is 46.8 Å². The molecule has 1 aliphatic heterocycles. The number of anilines is 1. The molecule has 0 amide bonds. The lowest BCUT2D eigenvalue weighted by Crippen LogP contribution is -2.44. The van der Waals surface area contributed by atoms with Crippen molar-refractivity contribution in [3.8, 4) is 0 Å². The van der Waals surface area contributed by atoms with Crippen molar-refractivity contribution in [2.24, 2.45) is 12.8 Å². The molecule has 3 aromatic carbocycles. The van der Waals surface area contributed by atoms with Crippen molar-refractivity contribution < 1.29 is 4.39 Å². The molecule has 9 heteroatoms. The molecule has 1 atom stereocenters. The smallest absolute Gasteiger partial charge is 0.332 e. The van der Waals surface area contributed by atoms with E-state index in [1.54, 1.807) is 13.1 Å². The fraction of sp³-hybridized carbons (Fsp3) is 0.300. The Balaban J connectivity index is 1.54. The molecule has 5 aromatic rings. The van der Waals surface area contributed by atoms with E-state index in [0.29, 0.717) is 23.7 Å². The predicted octanol–water partition coefficient (Wildman–Crippen LogP) is 3.52. The van der Waals surface area contributed by atoms with Gasteiger partial charge in [0.25, 0.3) is 5.56 Å². The van der Waals surface area contributed by atoms with Crippen LogP contribution in [0, 0.1) is 12.7 Å². The zero-order valence-corrected chi connectivity index (χ0v) is 22.1. The molecule has 0 aliphatic carbocycles. The first kappa shape index (κ1) is 25.1. The Labute approximate surface area is 224 Å². The van der Waals surface area contributed by atoms with Gasteiger partial charge >= 0.3 is 5.69 Å². The quantitative estimate of drug-likeness (QED) is 0.379. The Hall–Kier alpha value is -4.24. The number of piperidine rings is 1. The van der Waals surface area contributed by atoms with Gasteiger partial charge in [0.1, 0.15) is 5.82 Å². The highest BCUT2D eigenvalue weighted by atomic mass is 19.1. The zero-order valence-electron chi connectivity index (χ0n) is 22.1. The summed E-state index contributed by atoms with van der Waals surface area (Å²) in [6.07, 6.45) is 1.81. The number of hydrogen-bond donors (Lipinski definition) is 1. The summed E-state index contributed by atoms with van der Waals surface area (Å²) in [4.78, 5) is 34.4. The first-order chi connectivity index (χ1) is 18.8. The highest BCUT2D eigenvalue weighted by molar-refractivity contribution is 5.83. The van der Waals surface area contributed by atoms with E-state index in [2.05, 4.69) is 4.90 Å². The molecule has 2 N–H and O–H groups in total. The summed E-state index contributed by atoms with van der Waals surface area (Å²) in [5.41, 5.74) is 8.55. The lowest BCUT2D eigenvalue weighted by molar-refractivity contribution is 0.495. The van der Waals surface area contributed by atoms with Gasteiger partial charge in [-0.25, -0.2) is 9.18 Å². The van der Waals surface area contributed by atoms with Gasteiger partial charge in [0.2, 0.25) is 5.95 Å². The molecular weight excluding hydrogens is 495 g/mol. The molecule has 39 heavy (non-hydrogen) atoms. The number of aryl methyl sites for hydroxylation is 2. The Morgan fingerprint density at radius 2 is 1.79 bits per heavy atom. The summed E-state index contributed by atoms with van der Waals surface area (Å²) in [7, 11) is 1.64. The van der Waals surface area contributed by atoms with Crippen molar-refractivity contribution in [2.45, 2.75) is 38.9 Å². The molecule has 6 rings (SSSR count). The SMILES string of the molecule is Cc1ccc(F)cc1Cn1c(N2CCC[C@@H](N)C2)nc2c1c(=O)n(Cc1ccc3ccccc3c1)c(=O)n2C. The van der Waals surface area contributed by atoms with E-state index in [-0.39, 0.29) is 24.9 Å². The second-order valence-corrected chi connectivity index (χ2v) is 10.5. The van der Waals surface area contributed by atoms with Crippen LogP contribution in [-0.2, 0) is 20.1 Å². The second kappa shape index (κ2) is 9.81. The van der Waals surface area contributed by atoms with Gasteiger partial charge in [0.15, 0.2) is 11.2 Å². The topological polar surface area (TPSA) is 91.1 Å². The van der Waals surface area contributed by atoms with E-state index < -0.39 is 11.2 Å². The van der Waals surface area contributed by atoms with Crippen molar-refractivity contribution in [2.75, 3.05) is 18.0 Å². The number of fused-ring (bicyclic) bond motifs is 2. The summed E-state index contributed by atoms with van der Waals surface area (Å²) in [6, 6.07) is 18.5. The Bertz CT molecular complexity index is 1840. The zero-order chi connectivity index (χ0) is 27.3. The van der Waals surface area contributed by atoms with E-state index in [1.807, 2.05) is 54.0 Å². The van der Waals surface area contributed by atoms with E-state index in [4.69, 9.17) is 10.7 Å². The molecule has 1 fully saturated rings. The lowest BCUT2D eigenvalue weighted by Gasteiger charge is -2.32. The maximum Gasteiger partial charge on any atom is 0.332 e. The van der Waals surface area contributed by atoms with Crippen LogP contribution in [0.3, 0.4) is 0 Å². The third-order valence-electron chi connectivity index (χ3n) is 7.75. The van der Waals surface area contributed by atoms with Gasteiger partial charge in [-0.2, -0.15) is 4.98 Å². The molecule has 0 unspecified atom stereocenters. The van der Waals surface area contributed by atoms with Crippen LogP contribution in [0.15, 0.2) is 70.3 Å². The van der Waals surface area contributed by atoms with Gasteiger partial charge in [-0.1, -0.05) is 42.5 Å². The van der Waals surface area contributed by atoms with Gasteiger partial charge in [-0.05, 0) is 65.4 Å². The maximum atomic E-state index is 14.2. The average molecular weight is 527 g/mol. The van der Waals surface area contributed by atoms with Crippen LogP contribution in [0.2, 0.25) is 0 Å². The fourth-order valence-electron chi connectivity index (χ4n) is 5.58. The van der Waals surface area contributed by atoms with Gasteiger partial charge < -0.3 is 10.6 Å². The van der Waals surface area contributed by atoms with E-state index in [9.17, 15) is 14.0 Å². The number of hydrogen-bond acceptors (Lipinski definition) is 5. The van der Waals surface area contributed by atoms with Gasteiger partial charge in [0.05, 0.1) is 13.1 Å². The molecule has 0 spiro atoms. The van der Waals surface area contributed by atoms with Crippen molar-refractivity contribution >= 4 is 27.9 Å². The summed E-state index contributed by atoms with van der Waals surface area (Å²) < 4.78 is 18.8. The van der Waals surface area contributed by atoms with Crippen LogP contribution in [0.5, 0.6) is 0 Å². The van der Waals surface area contributed by atoms with Crippen LogP contribution < -0.4 is 21.9 Å². The normalized spacial score (nSPS) is 15.9. The Morgan fingerprint density at radius 1 is 1.00 bits per heavy atom. The predicted molar refractivity (Wildman–Crippen MR) is 152 cm³/mol. The first-order valence-corrected chi connectivity index (χ1v) is 13.2. The summed E-state index contributed by atoms with van der Waals surface area (Å²) >= 11 is 0. The number of benzene rings is 3. The first-order valence-electron chi connectivity index (χ1n) is 13.2. The lowest BCUT2D eigenvalue weighted by atomic mass is 10.1. The molecule has 200 valence electrons. The molecule has 1 saturated heterocycles. The summed E-state index contributed by atoms with van der Waals surface area (Å²) in [5, 5.41) is 2.13. The molecule has 1 aliphatic rings. The van der Waals surface area contributed by atoms with Crippen molar-refractivity contribution in [1.29, 1.82) is 0 Å². The third-order valence-corrected chi connectivity index (χ3v) is 7.75. The van der Waals surface area contributed by atoms with Crippen LogP contribution in [0.4, 0.5) is 10.3 Å². The molecular formula is C30H31FN6O2. The molecule has 0 bridgehead atoms. The minimum atomic E-state index is -0.436.